The Labute approximate surface area is 182 Å². The predicted octanol–water partition coefficient (Wildman–Crippen LogP) is 6.66. The van der Waals surface area contributed by atoms with Crippen molar-refractivity contribution in [2.45, 2.75) is 60.3 Å². The van der Waals surface area contributed by atoms with E-state index in [0.717, 1.165) is 44.3 Å². The number of anilines is 2. The van der Waals surface area contributed by atoms with E-state index < -0.39 is 0 Å². The number of benzene rings is 2. The van der Waals surface area contributed by atoms with Gasteiger partial charge in [0.25, 0.3) is 5.91 Å². The molecule has 1 amide bonds. The van der Waals surface area contributed by atoms with Crippen LogP contribution in [0.15, 0.2) is 35.4 Å². The highest BCUT2D eigenvalue weighted by atomic mass is 32.1. The molecule has 0 radical (unpaired) electrons. The number of fused-ring (bicyclic) bond motifs is 1. The molecule has 0 saturated heterocycles. The summed E-state index contributed by atoms with van der Waals surface area (Å²) < 4.78 is 1.05. The number of aryl methyl sites for hydroxylation is 2. The Bertz CT molecular complexity index is 1100. The number of thiazole rings is 1. The molecule has 0 aliphatic carbocycles. The minimum Gasteiger partial charge on any atom is -0.321 e. The standard InChI is InChI=1S/C24H30N4OS/c1-8-15(3)27-28-23-25-19-13-14(2)20(16(4)21(19)30-23)26-22(29)17-9-11-18(12-10-17)24(5,6)7/h9-13H,8H2,1-7H3,(H,25,28)(H,26,29)/b27-15+. The molecule has 5 nitrogen and oxygen atoms in total. The molecule has 0 spiro atoms. The molecule has 0 fully saturated rings. The number of hydrogen-bond acceptors (Lipinski definition) is 5. The second kappa shape index (κ2) is 8.56. The van der Waals surface area contributed by atoms with Crippen LogP contribution < -0.4 is 10.7 Å². The summed E-state index contributed by atoms with van der Waals surface area (Å²) in [6, 6.07) is 9.85. The Hall–Kier alpha value is -2.73. The maximum Gasteiger partial charge on any atom is 0.255 e. The van der Waals surface area contributed by atoms with Gasteiger partial charge in [-0.3, -0.25) is 10.2 Å². The molecule has 158 valence electrons. The highest BCUT2D eigenvalue weighted by Gasteiger charge is 2.17. The van der Waals surface area contributed by atoms with E-state index in [1.165, 1.54) is 5.56 Å². The van der Waals surface area contributed by atoms with Gasteiger partial charge in [0.2, 0.25) is 5.13 Å². The predicted molar refractivity (Wildman–Crippen MR) is 129 cm³/mol. The van der Waals surface area contributed by atoms with Gasteiger partial charge >= 0.3 is 0 Å². The lowest BCUT2D eigenvalue weighted by Crippen LogP contribution is -2.15. The maximum atomic E-state index is 12.9. The fourth-order valence-corrected chi connectivity index (χ4v) is 4.05. The molecule has 0 bridgehead atoms. The van der Waals surface area contributed by atoms with Gasteiger partial charge in [-0.2, -0.15) is 5.10 Å². The SMILES string of the molecule is CC/C(C)=N/Nc1nc2cc(C)c(NC(=O)c3ccc(C(C)(C)C)cc3)c(C)c2s1. The van der Waals surface area contributed by atoms with Gasteiger partial charge < -0.3 is 5.32 Å². The molecule has 6 heteroatoms. The normalized spacial score (nSPS) is 12.3. The molecule has 3 aromatic rings. The minimum atomic E-state index is -0.105. The molecule has 0 atom stereocenters. The second-order valence-corrected chi connectivity index (χ2v) is 9.65. The van der Waals surface area contributed by atoms with Crippen molar-refractivity contribution in [3.63, 3.8) is 0 Å². The van der Waals surface area contributed by atoms with Crippen LogP contribution in [0.3, 0.4) is 0 Å². The van der Waals surface area contributed by atoms with Crippen molar-refractivity contribution in [2.75, 3.05) is 10.7 Å². The first kappa shape index (κ1) is 22.0. The van der Waals surface area contributed by atoms with Crippen molar-refractivity contribution in [1.82, 2.24) is 4.98 Å². The summed E-state index contributed by atoms with van der Waals surface area (Å²) in [4.78, 5) is 17.5. The van der Waals surface area contributed by atoms with Gasteiger partial charge in [-0.1, -0.05) is 51.2 Å². The number of carbonyl (C=O) groups is 1. The van der Waals surface area contributed by atoms with E-state index in [4.69, 9.17) is 0 Å². The molecule has 0 aliphatic rings. The van der Waals surface area contributed by atoms with Crippen molar-refractivity contribution in [3.05, 3.63) is 52.6 Å². The monoisotopic (exact) mass is 422 g/mol. The van der Waals surface area contributed by atoms with Gasteiger partial charge in [0, 0.05) is 17.0 Å². The first-order chi connectivity index (χ1) is 14.1. The summed E-state index contributed by atoms with van der Waals surface area (Å²) in [7, 11) is 0. The van der Waals surface area contributed by atoms with Crippen molar-refractivity contribution in [3.8, 4) is 0 Å². The Morgan fingerprint density at radius 3 is 2.43 bits per heavy atom. The van der Waals surface area contributed by atoms with E-state index in [1.807, 2.05) is 51.1 Å². The summed E-state index contributed by atoms with van der Waals surface area (Å²) >= 11 is 1.55. The Morgan fingerprint density at radius 1 is 1.17 bits per heavy atom. The number of hydrazone groups is 1. The smallest absolute Gasteiger partial charge is 0.255 e. The zero-order valence-corrected chi connectivity index (χ0v) is 19.6. The second-order valence-electron chi connectivity index (χ2n) is 8.65. The number of aromatic nitrogens is 1. The molecule has 0 saturated carbocycles. The van der Waals surface area contributed by atoms with Crippen LogP contribution in [0.2, 0.25) is 0 Å². The fourth-order valence-electron chi connectivity index (χ4n) is 3.15. The van der Waals surface area contributed by atoms with Crippen LogP contribution in [-0.2, 0) is 5.41 Å². The van der Waals surface area contributed by atoms with Crippen molar-refractivity contribution >= 4 is 44.0 Å². The quantitative estimate of drug-likeness (QED) is 0.357. The summed E-state index contributed by atoms with van der Waals surface area (Å²) in [5.74, 6) is -0.105. The molecule has 3 rings (SSSR count). The molecular formula is C24H30N4OS. The third kappa shape index (κ3) is 4.70. The van der Waals surface area contributed by atoms with Crippen molar-refractivity contribution in [2.24, 2.45) is 5.10 Å². The van der Waals surface area contributed by atoms with Crippen LogP contribution in [0.4, 0.5) is 10.8 Å². The van der Waals surface area contributed by atoms with Gasteiger partial charge in [0.1, 0.15) is 0 Å². The third-order valence-electron chi connectivity index (χ3n) is 5.22. The number of hydrogen-bond donors (Lipinski definition) is 2. The minimum absolute atomic E-state index is 0.0604. The molecular weight excluding hydrogens is 392 g/mol. The highest BCUT2D eigenvalue weighted by molar-refractivity contribution is 7.22. The Balaban J connectivity index is 1.87. The Kier molecular flexibility index (Phi) is 6.27. The van der Waals surface area contributed by atoms with Crippen LogP contribution >= 0.6 is 11.3 Å². The molecule has 1 aromatic heterocycles. The van der Waals surface area contributed by atoms with Crippen LogP contribution in [0.5, 0.6) is 0 Å². The average Bonchev–Trinajstić information content (AvgIpc) is 3.11. The summed E-state index contributed by atoms with van der Waals surface area (Å²) in [5, 5.41) is 8.20. The van der Waals surface area contributed by atoms with Crippen molar-refractivity contribution in [1.29, 1.82) is 0 Å². The molecule has 30 heavy (non-hydrogen) atoms. The van der Waals surface area contributed by atoms with E-state index in [0.29, 0.717) is 5.56 Å². The topological polar surface area (TPSA) is 66.4 Å². The van der Waals surface area contributed by atoms with Crippen LogP contribution in [0, 0.1) is 13.8 Å². The van der Waals surface area contributed by atoms with E-state index in [-0.39, 0.29) is 11.3 Å². The lowest BCUT2D eigenvalue weighted by Gasteiger charge is -2.19. The summed E-state index contributed by atoms with van der Waals surface area (Å²) in [5.41, 5.74) is 9.75. The molecule has 2 N–H and O–H groups in total. The third-order valence-corrected chi connectivity index (χ3v) is 6.32. The van der Waals surface area contributed by atoms with Crippen LogP contribution in [0.1, 0.15) is 68.1 Å². The number of nitrogens with zero attached hydrogens (tertiary/aromatic N) is 2. The zero-order valence-electron chi connectivity index (χ0n) is 18.8. The number of amides is 1. The average molecular weight is 423 g/mol. The lowest BCUT2D eigenvalue weighted by molar-refractivity contribution is 0.102. The van der Waals surface area contributed by atoms with Gasteiger partial charge in [0.05, 0.1) is 10.2 Å². The van der Waals surface area contributed by atoms with Crippen LogP contribution in [0.25, 0.3) is 10.2 Å². The molecule has 1 heterocycles. The lowest BCUT2D eigenvalue weighted by atomic mass is 9.86. The number of carbonyl (C=O) groups excluding carboxylic acids is 1. The van der Waals surface area contributed by atoms with Gasteiger partial charge in [-0.25, -0.2) is 4.98 Å². The molecule has 2 aromatic carbocycles. The highest BCUT2D eigenvalue weighted by Crippen LogP contribution is 2.35. The van der Waals surface area contributed by atoms with Crippen molar-refractivity contribution < 1.29 is 4.79 Å². The zero-order chi connectivity index (χ0) is 22.1. The van der Waals surface area contributed by atoms with Gasteiger partial charge in [0.15, 0.2) is 0 Å². The Morgan fingerprint density at radius 2 is 1.83 bits per heavy atom. The van der Waals surface area contributed by atoms with E-state index in [9.17, 15) is 4.79 Å². The molecule has 0 aliphatic heterocycles. The van der Waals surface area contributed by atoms with Crippen LogP contribution in [-0.4, -0.2) is 16.6 Å². The first-order valence-corrected chi connectivity index (χ1v) is 11.0. The van der Waals surface area contributed by atoms with E-state index in [2.05, 4.69) is 48.5 Å². The van der Waals surface area contributed by atoms with Gasteiger partial charge in [-0.05, 0) is 67.5 Å². The summed E-state index contributed by atoms with van der Waals surface area (Å²) in [6.45, 7) is 14.6. The molecule has 0 unspecified atom stereocenters. The first-order valence-electron chi connectivity index (χ1n) is 10.2. The maximum absolute atomic E-state index is 12.9. The largest absolute Gasteiger partial charge is 0.321 e. The fraction of sp³-hybridized carbons (Fsp3) is 0.375. The number of rotatable bonds is 5. The van der Waals surface area contributed by atoms with E-state index in [1.54, 1.807) is 11.3 Å². The van der Waals surface area contributed by atoms with E-state index >= 15 is 0 Å². The van der Waals surface area contributed by atoms with Gasteiger partial charge in [-0.15, -0.1) is 0 Å². The summed E-state index contributed by atoms with van der Waals surface area (Å²) in [6.07, 6.45) is 0.892. The number of nitrogens with one attached hydrogen (secondary N) is 2.